The van der Waals surface area contributed by atoms with Crippen LogP contribution in [0.3, 0.4) is 0 Å². The Morgan fingerprint density at radius 2 is 2.19 bits per heavy atom. The Balaban J connectivity index is 1.31. The quantitative estimate of drug-likeness (QED) is 0.758. The number of aryl methyl sites for hydroxylation is 2. The number of hydrogen-bond acceptors (Lipinski definition) is 6. The molecule has 4 rings (SSSR count). The Morgan fingerprint density at radius 1 is 1.41 bits per heavy atom. The van der Waals surface area contributed by atoms with Gasteiger partial charge in [0, 0.05) is 37.7 Å². The van der Waals surface area contributed by atoms with Crippen LogP contribution in [0.5, 0.6) is 0 Å². The second-order valence-corrected chi connectivity index (χ2v) is 8.95. The Hall–Kier alpha value is -1.86. The zero-order chi connectivity index (χ0) is 18.9. The number of carbonyl (C=O) groups excluding carboxylic acids is 1. The monoisotopic (exact) mass is 387 g/mol. The Labute approximate surface area is 163 Å². The molecule has 0 saturated carbocycles. The van der Waals surface area contributed by atoms with Crippen molar-refractivity contribution >= 4 is 17.7 Å². The third kappa shape index (κ3) is 3.75. The third-order valence-electron chi connectivity index (χ3n) is 5.28. The lowest BCUT2D eigenvalue weighted by Crippen LogP contribution is -2.60. The molecule has 1 spiro atoms. The van der Waals surface area contributed by atoms with Gasteiger partial charge in [-0.3, -0.25) is 9.78 Å². The van der Waals surface area contributed by atoms with E-state index in [1.54, 1.807) is 12.4 Å². The maximum Gasteiger partial charge on any atom is 0.259 e. The highest BCUT2D eigenvalue weighted by molar-refractivity contribution is 8.01. The summed E-state index contributed by atoms with van der Waals surface area (Å²) in [6.07, 6.45) is 6.51. The van der Waals surface area contributed by atoms with Crippen molar-refractivity contribution in [3.63, 3.8) is 0 Å². The summed E-state index contributed by atoms with van der Waals surface area (Å²) >= 11 is 1.94. The van der Waals surface area contributed by atoms with Crippen molar-refractivity contribution in [2.24, 2.45) is 0 Å². The Morgan fingerprint density at radius 3 is 2.93 bits per heavy atom. The first-order chi connectivity index (χ1) is 13.1. The first-order valence-corrected chi connectivity index (χ1v) is 10.5. The molecule has 2 aliphatic heterocycles. The van der Waals surface area contributed by atoms with Gasteiger partial charge in [0.25, 0.3) is 5.91 Å². The van der Waals surface area contributed by atoms with Crippen molar-refractivity contribution in [2.75, 3.05) is 18.8 Å². The standard InChI is InChI=1S/C20H25N3O3S/c1-3-4-17-18(14(2)22-26-17)19(24)23-12-20(13-23)9-16(11-27-20)25-10-15-5-7-21-8-6-15/h5-8,16H,3-4,9-13H2,1-2H3/t16-/m1/s1. The molecule has 0 unspecified atom stereocenters. The summed E-state index contributed by atoms with van der Waals surface area (Å²) in [6, 6.07) is 3.97. The molecule has 7 heteroatoms. The topological polar surface area (TPSA) is 68.5 Å². The smallest absolute Gasteiger partial charge is 0.259 e. The van der Waals surface area contributed by atoms with E-state index in [0.717, 1.165) is 49.4 Å². The van der Waals surface area contributed by atoms with Gasteiger partial charge in [-0.15, -0.1) is 11.8 Å². The van der Waals surface area contributed by atoms with Gasteiger partial charge in [0.1, 0.15) is 11.3 Å². The van der Waals surface area contributed by atoms with Crippen molar-refractivity contribution in [3.05, 3.63) is 47.1 Å². The van der Waals surface area contributed by atoms with Crippen LogP contribution in [0.25, 0.3) is 0 Å². The lowest BCUT2D eigenvalue weighted by molar-refractivity contribution is 0.0254. The largest absolute Gasteiger partial charge is 0.373 e. The van der Waals surface area contributed by atoms with Crippen molar-refractivity contribution in [3.8, 4) is 0 Å². The molecule has 144 valence electrons. The fourth-order valence-corrected chi connectivity index (χ4v) is 5.41. The average Bonchev–Trinajstić information content (AvgIpc) is 3.24. The summed E-state index contributed by atoms with van der Waals surface area (Å²) < 4.78 is 11.6. The van der Waals surface area contributed by atoms with Gasteiger partial charge < -0.3 is 14.2 Å². The lowest BCUT2D eigenvalue weighted by atomic mass is 9.92. The predicted molar refractivity (Wildman–Crippen MR) is 104 cm³/mol. The molecule has 2 aromatic rings. The number of pyridine rings is 1. The molecule has 2 saturated heterocycles. The first kappa shape index (κ1) is 18.5. The molecular formula is C20H25N3O3S. The van der Waals surface area contributed by atoms with E-state index in [4.69, 9.17) is 9.26 Å². The van der Waals surface area contributed by atoms with Gasteiger partial charge in [-0.2, -0.15) is 0 Å². The molecular weight excluding hydrogens is 362 g/mol. The highest BCUT2D eigenvalue weighted by Crippen LogP contribution is 2.46. The number of ether oxygens (including phenoxy) is 1. The zero-order valence-electron chi connectivity index (χ0n) is 15.8. The lowest BCUT2D eigenvalue weighted by Gasteiger charge is -2.47. The van der Waals surface area contributed by atoms with Gasteiger partial charge in [0.05, 0.1) is 23.2 Å². The van der Waals surface area contributed by atoms with E-state index < -0.39 is 0 Å². The van der Waals surface area contributed by atoms with E-state index in [1.165, 1.54) is 0 Å². The van der Waals surface area contributed by atoms with Crippen LogP contribution < -0.4 is 0 Å². The van der Waals surface area contributed by atoms with Gasteiger partial charge in [-0.25, -0.2) is 0 Å². The zero-order valence-corrected chi connectivity index (χ0v) is 16.6. The molecule has 2 fully saturated rings. The van der Waals surface area contributed by atoms with Gasteiger partial charge in [0.15, 0.2) is 0 Å². The number of hydrogen-bond donors (Lipinski definition) is 0. The molecule has 1 amide bonds. The summed E-state index contributed by atoms with van der Waals surface area (Å²) in [5, 5.41) is 4.00. The molecule has 2 aliphatic rings. The summed E-state index contributed by atoms with van der Waals surface area (Å²) in [4.78, 5) is 18.9. The Bertz CT molecular complexity index is 802. The molecule has 2 aromatic heterocycles. The van der Waals surface area contributed by atoms with Crippen LogP contribution in [0.2, 0.25) is 0 Å². The van der Waals surface area contributed by atoms with Crippen LogP contribution >= 0.6 is 11.8 Å². The van der Waals surface area contributed by atoms with E-state index in [1.807, 2.05) is 35.7 Å². The second kappa shape index (κ2) is 7.64. The van der Waals surface area contributed by atoms with Crippen LogP contribution in [-0.2, 0) is 17.8 Å². The van der Waals surface area contributed by atoms with Crippen molar-refractivity contribution in [1.82, 2.24) is 15.0 Å². The van der Waals surface area contributed by atoms with Crippen LogP contribution in [0.4, 0.5) is 0 Å². The number of thioether (sulfide) groups is 1. The maximum atomic E-state index is 12.9. The van der Waals surface area contributed by atoms with E-state index in [9.17, 15) is 4.79 Å². The van der Waals surface area contributed by atoms with Crippen LogP contribution in [0.15, 0.2) is 29.0 Å². The van der Waals surface area contributed by atoms with Gasteiger partial charge in [-0.1, -0.05) is 12.1 Å². The maximum absolute atomic E-state index is 12.9. The minimum absolute atomic E-state index is 0.0598. The van der Waals surface area contributed by atoms with Crippen LogP contribution in [-0.4, -0.2) is 50.6 Å². The Kier molecular flexibility index (Phi) is 5.23. The summed E-state index contributed by atoms with van der Waals surface area (Å²) in [7, 11) is 0. The molecule has 4 heterocycles. The highest BCUT2D eigenvalue weighted by Gasteiger charge is 2.51. The summed E-state index contributed by atoms with van der Waals surface area (Å²) in [6.45, 7) is 6.10. The SMILES string of the molecule is CCCc1onc(C)c1C(=O)N1CC2(C[C@@H](OCc3ccncc3)CS2)C1. The predicted octanol–water partition coefficient (Wildman–Crippen LogP) is 3.25. The van der Waals surface area contributed by atoms with E-state index in [0.29, 0.717) is 17.9 Å². The molecule has 0 N–H and O–H groups in total. The van der Waals surface area contributed by atoms with E-state index >= 15 is 0 Å². The number of rotatable bonds is 6. The van der Waals surface area contributed by atoms with Gasteiger partial charge in [0.2, 0.25) is 0 Å². The number of likely N-dealkylation sites (tertiary alicyclic amines) is 1. The highest BCUT2D eigenvalue weighted by atomic mass is 32.2. The van der Waals surface area contributed by atoms with Crippen LogP contribution in [0, 0.1) is 6.92 Å². The minimum atomic E-state index is 0.0598. The molecule has 0 bridgehead atoms. The number of aromatic nitrogens is 2. The second-order valence-electron chi connectivity index (χ2n) is 7.46. The fourth-order valence-electron chi connectivity index (χ4n) is 3.86. The minimum Gasteiger partial charge on any atom is -0.373 e. The molecule has 0 radical (unpaired) electrons. The van der Waals surface area contributed by atoms with Crippen LogP contribution in [0.1, 0.15) is 47.1 Å². The average molecular weight is 388 g/mol. The molecule has 6 nitrogen and oxygen atoms in total. The molecule has 0 aliphatic carbocycles. The third-order valence-corrected chi connectivity index (χ3v) is 6.86. The van der Waals surface area contributed by atoms with Crippen molar-refractivity contribution < 1.29 is 14.1 Å². The molecule has 0 aromatic carbocycles. The van der Waals surface area contributed by atoms with Crippen molar-refractivity contribution in [1.29, 1.82) is 0 Å². The van der Waals surface area contributed by atoms with Gasteiger partial charge >= 0.3 is 0 Å². The van der Waals surface area contributed by atoms with E-state index in [2.05, 4.69) is 17.1 Å². The van der Waals surface area contributed by atoms with Crippen molar-refractivity contribution in [2.45, 2.75) is 50.6 Å². The van der Waals surface area contributed by atoms with Gasteiger partial charge in [-0.05, 0) is 37.5 Å². The number of nitrogens with zero attached hydrogens (tertiary/aromatic N) is 3. The first-order valence-electron chi connectivity index (χ1n) is 9.49. The molecule has 27 heavy (non-hydrogen) atoms. The summed E-state index contributed by atoms with van der Waals surface area (Å²) in [5.41, 5.74) is 2.51. The molecule has 1 atom stereocenters. The summed E-state index contributed by atoms with van der Waals surface area (Å²) in [5.74, 6) is 1.77. The normalized spacial score (nSPS) is 20.8. The number of carbonyl (C=O) groups is 1. The fraction of sp³-hybridized carbons (Fsp3) is 0.550. The van der Waals surface area contributed by atoms with E-state index in [-0.39, 0.29) is 16.8 Å². The number of amides is 1.